The molecular weight excluding hydrogens is 433 g/mol. The third kappa shape index (κ3) is 6.73. The number of para-hydroxylation sites is 1. The van der Waals surface area contributed by atoms with Crippen molar-refractivity contribution in [3.63, 3.8) is 0 Å². The fraction of sp³-hybridized carbons (Fsp3) is 0.440. The highest BCUT2D eigenvalue weighted by Gasteiger charge is 2.32. The first-order chi connectivity index (χ1) is 15.5. The van der Waals surface area contributed by atoms with Crippen LogP contribution in [0.15, 0.2) is 53.7 Å². The van der Waals surface area contributed by atoms with Gasteiger partial charge in [0.05, 0.1) is 24.9 Å². The van der Waals surface area contributed by atoms with Crippen LogP contribution in [-0.4, -0.2) is 36.3 Å². The van der Waals surface area contributed by atoms with Crippen LogP contribution >= 0.6 is 0 Å². The predicted molar refractivity (Wildman–Crippen MR) is 120 cm³/mol. The summed E-state index contributed by atoms with van der Waals surface area (Å²) in [6.45, 7) is 6.11. The maximum Gasteiger partial charge on any atom is 0.416 e. The van der Waals surface area contributed by atoms with Crippen LogP contribution in [0.25, 0.3) is 0 Å². The zero-order valence-electron chi connectivity index (χ0n) is 19.3. The topological polar surface area (TPSA) is 51.1 Å². The molecule has 8 heteroatoms. The summed E-state index contributed by atoms with van der Waals surface area (Å²) >= 11 is 0. The molecule has 1 atom stereocenters. The van der Waals surface area contributed by atoms with Gasteiger partial charge in [0.2, 0.25) is 5.91 Å². The summed E-state index contributed by atoms with van der Waals surface area (Å²) in [5.41, 5.74) is 0.935. The predicted octanol–water partition coefficient (Wildman–Crippen LogP) is 5.67. The first kappa shape index (κ1) is 24.6. The van der Waals surface area contributed by atoms with Crippen LogP contribution < -0.4 is 4.74 Å². The lowest BCUT2D eigenvalue weighted by Crippen LogP contribution is -2.38. The number of nitrogens with zero attached hydrogens (tertiary/aromatic N) is 2. The number of halogens is 3. The van der Waals surface area contributed by atoms with Gasteiger partial charge in [-0.1, -0.05) is 50.2 Å². The van der Waals surface area contributed by atoms with Crippen LogP contribution in [0.2, 0.25) is 0 Å². The largest absolute Gasteiger partial charge is 0.496 e. The second-order valence-electron chi connectivity index (χ2n) is 9.38. The van der Waals surface area contributed by atoms with Crippen molar-refractivity contribution in [1.29, 1.82) is 0 Å². The maximum absolute atomic E-state index is 13.2. The maximum atomic E-state index is 13.2. The first-order valence-electron chi connectivity index (χ1n) is 10.8. The van der Waals surface area contributed by atoms with E-state index in [0.717, 1.165) is 17.7 Å². The van der Waals surface area contributed by atoms with Crippen molar-refractivity contribution in [3.8, 4) is 5.75 Å². The molecule has 2 aromatic rings. The summed E-state index contributed by atoms with van der Waals surface area (Å²) in [6, 6.07) is 12.5. The molecule has 5 nitrogen and oxygen atoms in total. The molecule has 0 bridgehead atoms. The Morgan fingerprint density at radius 2 is 1.88 bits per heavy atom. The molecule has 0 N–H and O–H groups in total. The third-order valence-electron chi connectivity index (χ3n) is 5.24. The molecule has 1 aliphatic rings. The van der Waals surface area contributed by atoms with E-state index in [-0.39, 0.29) is 30.8 Å². The molecule has 0 saturated carbocycles. The van der Waals surface area contributed by atoms with E-state index < -0.39 is 17.8 Å². The molecule has 178 valence electrons. The van der Waals surface area contributed by atoms with Gasteiger partial charge < -0.3 is 14.5 Å². The number of amides is 1. The quantitative estimate of drug-likeness (QED) is 0.533. The van der Waals surface area contributed by atoms with Gasteiger partial charge in [-0.15, -0.1) is 0 Å². The summed E-state index contributed by atoms with van der Waals surface area (Å²) in [4.78, 5) is 20.2. The normalized spacial score (nSPS) is 16.2. The van der Waals surface area contributed by atoms with Crippen LogP contribution in [0.3, 0.4) is 0 Å². The minimum Gasteiger partial charge on any atom is -0.496 e. The van der Waals surface area contributed by atoms with Crippen molar-refractivity contribution >= 4 is 11.6 Å². The smallest absolute Gasteiger partial charge is 0.416 e. The number of carbonyl (C=O) groups excluding carboxylic acids is 1. The molecule has 1 aliphatic heterocycles. The van der Waals surface area contributed by atoms with E-state index in [1.807, 2.05) is 45.0 Å². The Hall–Kier alpha value is -3.03. The number of alkyl halides is 3. The number of oxime groups is 1. The lowest BCUT2D eigenvalue weighted by atomic mass is 9.91. The van der Waals surface area contributed by atoms with Gasteiger partial charge in [0.25, 0.3) is 0 Å². The van der Waals surface area contributed by atoms with Crippen LogP contribution in [0.1, 0.15) is 50.3 Å². The van der Waals surface area contributed by atoms with Gasteiger partial charge in [-0.25, -0.2) is 0 Å². The lowest BCUT2D eigenvalue weighted by molar-refractivity contribution is -0.137. The number of rotatable bonds is 7. The van der Waals surface area contributed by atoms with E-state index in [9.17, 15) is 18.0 Å². The van der Waals surface area contributed by atoms with Crippen molar-refractivity contribution in [2.24, 2.45) is 10.6 Å². The van der Waals surface area contributed by atoms with Crippen LogP contribution in [0, 0.1) is 5.41 Å². The minimum absolute atomic E-state index is 0.0582. The summed E-state index contributed by atoms with van der Waals surface area (Å²) < 4.78 is 44.9. The molecule has 0 aromatic heterocycles. The number of carbonyl (C=O) groups is 1. The lowest BCUT2D eigenvalue weighted by Gasteiger charge is -2.28. The van der Waals surface area contributed by atoms with Crippen LogP contribution in [0.4, 0.5) is 13.2 Å². The SMILES string of the molecule is COc1ccccc1C1=NOC(CN(Cc2cccc(C(F)(F)F)c2)C(=O)CC(C)(C)C)C1. The molecule has 2 aromatic carbocycles. The number of methoxy groups -OCH3 is 1. The molecule has 0 saturated heterocycles. The second kappa shape index (κ2) is 9.85. The Morgan fingerprint density at radius 3 is 2.55 bits per heavy atom. The third-order valence-corrected chi connectivity index (χ3v) is 5.24. The average molecular weight is 463 g/mol. The average Bonchev–Trinajstić information content (AvgIpc) is 3.20. The Morgan fingerprint density at radius 1 is 1.15 bits per heavy atom. The zero-order chi connectivity index (χ0) is 24.2. The van der Waals surface area contributed by atoms with Gasteiger partial charge in [0, 0.05) is 24.9 Å². The van der Waals surface area contributed by atoms with E-state index in [0.29, 0.717) is 23.4 Å². The highest BCUT2D eigenvalue weighted by atomic mass is 19.4. The monoisotopic (exact) mass is 462 g/mol. The van der Waals surface area contributed by atoms with Crippen molar-refractivity contribution in [2.45, 2.75) is 52.4 Å². The molecule has 0 spiro atoms. The van der Waals surface area contributed by atoms with E-state index in [4.69, 9.17) is 9.57 Å². The molecule has 0 radical (unpaired) electrons. The fourth-order valence-corrected chi connectivity index (χ4v) is 3.70. The minimum atomic E-state index is -4.44. The Bertz CT molecular complexity index is 1010. The van der Waals surface area contributed by atoms with Gasteiger partial charge in [0.15, 0.2) is 6.10 Å². The number of benzene rings is 2. The summed E-state index contributed by atoms with van der Waals surface area (Å²) in [5, 5.41) is 4.19. The first-order valence-corrected chi connectivity index (χ1v) is 10.8. The standard InChI is InChI=1S/C25H29F3N2O3/c1-24(2,3)14-23(31)30(15-17-8-7-9-18(12-17)25(26,27)28)16-19-13-21(29-33-19)20-10-5-6-11-22(20)32-4/h5-12,19H,13-16H2,1-4H3. The van der Waals surface area contributed by atoms with E-state index in [1.165, 1.54) is 6.07 Å². The summed E-state index contributed by atoms with van der Waals surface area (Å²) in [7, 11) is 1.58. The summed E-state index contributed by atoms with van der Waals surface area (Å²) in [5.74, 6) is 0.527. The second-order valence-corrected chi connectivity index (χ2v) is 9.38. The van der Waals surface area contributed by atoms with Crippen molar-refractivity contribution in [3.05, 3.63) is 65.2 Å². The molecule has 1 unspecified atom stereocenters. The van der Waals surface area contributed by atoms with Gasteiger partial charge >= 0.3 is 6.18 Å². The molecule has 0 aliphatic carbocycles. The molecule has 1 heterocycles. The number of ether oxygens (including phenoxy) is 1. The van der Waals surface area contributed by atoms with E-state index >= 15 is 0 Å². The van der Waals surface area contributed by atoms with Crippen molar-refractivity contribution in [1.82, 2.24) is 4.90 Å². The zero-order valence-corrected chi connectivity index (χ0v) is 19.3. The summed E-state index contributed by atoms with van der Waals surface area (Å²) in [6.07, 6.45) is -4.12. The Balaban J connectivity index is 1.76. The molecule has 3 rings (SSSR count). The molecule has 33 heavy (non-hydrogen) atoms. The fourth-order valence-electron chi connectivity index (χ4n) is 3.70. The number of hydrogen-bond donors (Lipinski definition) is 0. The van der Waals surface area contributed by atoms with E-state index in [2.05, 4.69) is 5.16 Å². The Labute approximate surface area is 192 Å². The highest BCUT2D eigenvalue weighted by Crippen LogP contribution is 2.30. The van der Waals surface area contributed by atoms with E-state index in [1.54, 1.807) is 18.1 Å². The van der Waals surface area contributed by atoms with Crippen molar-refractivity contribution in [2.75, 3.05) is 13.7 Å². The van der Waals surface area contributed by atoms with Crippen LogP contribution in [0.5, 0.6) is 5.75 Å². The molecular formula is C25H29F3N2O3. The highest BCUT2D eigenvalue weighted by molar-refractivity contribution is 6.03. The molecule has 1 amide bonds. The van der Waals surface area contributed by atoms with Gasteiger partial charge in [-0.2, -0.15) is 13.2 Å². The van der Waals surface area contributed by atoms with Gasteiger partial charge in [-0.05, 0) is 35.2 Å². The molecule has 0 fully saturated rings. The number of hydrogen-bond acceptors (Lipinski definition) is 4. The Kier molecular flexibility index (Phi) is 7.34. The van der Waals surface area contributed by atoms with Gasteiger partial charge in [0.1, 0.15) is 5.75 Å². The van der Waals surface area contributed by atoms with Crippen molar-refractivity contribution < 1.29 is 27.5 Å². The van der Waals surface area contributed by atoms with Crippen LogP contribution in [-0.2, 0) is 22.4 Å². The van der Waals surface area contributed by atoms with Gasteiger partial charge in [-0.3, -0.25) is 4.79 Å².